The van der Waals surface area contributed by atoms with E-state index in [1.807, 2.05) is 12.2 Å². The number of anilines is 1. The minimum absolute atomic E-state index is 0.0679. The Kier molecular flexibility index (Phi) is 6.72. The quantitative estimate of drug-likeness (QED) is 0.378. The molecule has 0 spiro atoms. The maximum Gasteiger partial charge on any atom is 0.419 e. The summed E-state index contributed by atoms with van der Waals surface area (Å²) in [4.78, 5) is 3.73. The number of halogens is 6. The van der Waals surface area contributed by atoms with E-state index in [0.717, 1.165) is 36.9 Å². The van der Waals surface area contributed by atoms with Crippen molar-refractivity contribution in [3.05, 3.63) is 58.7 Å². The number of ether oxygens (including phenoxy) is 1. The highest BCUT2D eigenvalue weighted by atomic mass is 35.5. The molecule has 12 heteroatoms. The van der Waals surface area contributed by atoms with Crippen molar-refractivity contribution in [3.63, 3.8) is 0 Å². The predicted octanol–water partition coefficient (Wildman–Crippen LogP) is 5.34. The van der Waals surface area contributed by atoms with Gasteiger partial charge in [-0.15, -0.1) is 21.8 Å². The molecule has 2 fully saturated rings. The molecule has 6 nitrogen and oxygen atoms in total. The number of rotatable bonds is 3. The monoisotopic (exact) mass is 555 g/mol. The first-order valence-electron chi connectivity index (χ1n) is 12.8. The van der Waals surface area contributed by atoms with Gasteiger partial charge in [0.2, 0.25) is 0 Å². The molecule has 2 aromatic rings. The van der Waals surface area contributed by atoms with Crippen LogP contribution in [0, 0.1) is 11.6 Å². The maximum absolute atomic E-state index is 14.8. The molecule has 0 radical (unpaired) electrons. The number of aromatic nitrogens is 3. The molecule has 1 aromatic heterocycles. The second-order valence-corrected chi connectivity index (χ2v) is 10.9. The zero-order valence-electron chi connectivity index (χ0n) is 20.5. The van der Waals surface area contributed by atoms with Crippen LogP contribution in [0.25, 0.3) is 5.70 Å². The van der Waals surface area contributed by atoms with Crippen molar-refractivity contribution < 1.29 is 26.7 Å². The molecule has 38 heavy (non-hydrogen) atoms. The molecule has 1 aromatic carbocycles. The molecular formula is C26H27ClF5N5O. The number of hydrogen-bond donors (Lipinski definition) is 0. The number of fused-ring (bicyclic) bond motifs is 2. The molecule has 0 saturated carbocycles. The number of allylic oxidation sites excluding steroid dienone is 3. The van der Waals surface area contributed by atoms with E-state index < -0.39 is 29.1 Å². The lowest BCUT2D eigenvalue weighted by Crippen LogP contribution is -2.36. The highest BCUT2D eigenvalue weighted by molar-refractivity contribution is 6.22. The van der Waals surface area contributed by atoms with Crippen LogP contribution in [-0.2, 0) is 17.5 Å². The Morgan fingerprint density at radius 3 is 2.53 bits per heavy atom. The number of hydrogen-bond acceptors (Lipinski definition) is 5. The van der Waals surface area contributed by atoms with Gasteiger partial charge in [-0.2, -0.15) is 13.2 Å². The largest absolute Gasteiger partial charge is 0.419 e. The fourth-order valence-corrected chi connectivity index (χ4v) is 6.28. The molecule has 0 N–H and O–H groups in total. The van der Waals surface area contributed by atoms with Crippen molar-refractivity contribution in [3.8, 4) is 0 Å². The molecular weight excluding hydrogens is 529 g/mol. The van der Waals surface area contributed by atoms with E-state index in [2.05, 4.69) is 19.7 Å². The Morgan fingerprint density at radius 2 is 1.82 bits per heavy atom. The van der Waals surface area contributed by atoms with Gasteiger partial charge in [0.15, 0.2) is 11.6 Å². The molecule has 6 rings (SSSR count). The second-order valence-electron chi connectivity index (χ2n) is 10.3. The SMILES string of the molecule is Fc1ccc(C(F)(F)F)c(F)c1N1CCC(c2nnc3n2C2=C(CC(Cl)C=C2)CN([C@H]2CCOC2)C3)CC1. The molecule has 2 atom stereocenters. The van der Waals surface area contributed by atoms with Gasteiger partial charge in [0.1, 0.15) is 17.3 Å². The predicted molar refractivity (Wildman–Crippen MR) is 132 cm³/mol. The lowest BCUT2D eigenvalue weighted by atomic mass is 9.94. The fraction of sp³-hybridized carbons (Fsp3) is 0.538. The summed E-state index contributed by atoms with van der Waals surface area (Å²) in [5, 5.41) is 8.99. The molecule has 1 aliphatic carbocycles. The topological polar surface area (TPSA) is 46.4 Å². The first-order valence-corrected chi connectivity index (χ1v) is 13.2. The average Bonchev–Trinajstić information content (AvgIpc) is 3.52. The average molecular weight is 556 g/mol. The summed E-state index contributed by atoms with van der Waals surface area (Å²) in [6.07, 6.45) is 1.68. The Balaban J connectivity index is 1.28. The van der Waals surface area contributed by atoms with E-state index in [-0.39, 0.29) is 30.4 Å². The number of nitrogens with zero attached hydrogens (tertiary/aromatic N) is 5. The molecule has 0 amide bonds. The van der Waals surface area contributed by atoms with Gasteiger partial charge in [-0.05, 0) is 49.5 Å². The van der Waals surface area contributed by atoms with Crippen LogP contribution in [0.4, 0.5) is 27.6 Å². The van der Waals surface area contributed by atoms with Crippen LogP contribution < -0.4 is 4.90 Å². The summed E-state index contributed by atoms with van der Waals surface area (Å²) in [5.41, 5.74) is 0.124. The minimum atomic E-state index is -4.90. The molecule has 4 aliphatic rings. The van der Waals surface area contributed by atoms with E-state index in [4.69, 9.17) is 16.3 Å². The smallest absolute Gasteiger partial charge is 0.380 e. The molecule has 204 valence electrons. The van der Waals surface area contributed by atoms with Crippen LogP contribution in [0.5, 0.6) is 0 Å². The van der Waals surface area contributed by atoms with E-state index in [0.29, 0.717) is 44.5 Å². The Labute approximate surface area is 221 Å². The zero-order valence-corrected chi connectivity index (χ0v) is 21.3. The van der Waals surface area contributed by atoms with Crippen LogP contribution in [0.2, 0.25) is 0 Å². The van der Waals surface area contributed by atoms with E-state index in [1.165, 1.54) is 10.5 Å². The van der Waals surface area contributed by atoms with E-state index in [9.17, 15) is 22.0 Å². The fourth-order valence-electron chi connectivity index (χ4n) is 6.02. The Hall–Kier alpha value is -2.50. The van der Waals surface area contributed by atoms with Crippen LogP contribution in [-0.4, -0.2) is 63.9 Å². The van der Waals surface area contributed by atoms with Gasteiger partial charge in [0.05, 0.1) is 24.1 Å². The summed E-state index contributed by atoms with van der Waals surface area (Å²) >= 11 is 6.48. The third kappa shape index (κ3) is 4.62. The summed E-state index contributed by atoms with van der Waals surface area (Å²) in [5.74, 6) is -1.06. The number of piperidine rings is 1. The molecule has 4 heterocycles. The van der Waals surface area contributed by atoms with E-state index in [1.54, 1.807) is 0 Å². The van der Waals surface area contributed by atoms with Crippen molar-refractivity contribution in [2.75, 3.05) is 37.7 Å². The Morgan fingerprint density at radius 1 is 1.03 bits per heavy atom. The van der Waals surface area contributed by atoms with Crippen LogP contribution >= 0.6 is 11.6 Å². The lowest BCUT2D eigenvalue weighted by molar-refractivity contribution is -0.139. The zero-order chi connectivity index (χ0) is 26.6. The van der Waals surface area contributed by atoms with E-state index >= 15 is 0 Å². The second kappa shape index (κ2) is 9.91. The van der Waals surface area contributed by atoms with Crippen LogP contribution in [0.15, 0.2) is 29.9 Å². The highest BCUT2D eigenvalue weighted by Crippen LogP contribution is 2.40. The van der Waals surface area contributed by atoms with Gasteiger partial charge in [0, 0.05) is 43.9 Å². The molecule has 2 saturated heterocycles. The number of alkyl halides is 4. The van der Waals surface area contributed by atoms with Crippen molar-refractivity contribution >= 4 is 23.0 Å². The molecule has 0 bridgehead atoms. The van der Waals surface area contributed by atoms with Crippen molar-refractivity contribution in [1.82, 2.24) is 19.7 Å². The summed E-state index contributed by atoms with van der Waals surface area (Å²) < 4.78 is 76.7. The summed E-state index contributed by atoms with van der Waals surface area (Å²) in [6, 6.07) is 1.41. The highest BCUT2D eigenvalue weighted by Gasteiger charge is 2.38. The third-order valence-corrected chi connectivity index (χ3v) is 8.27. The normalized spacial score (nSPS) is 25.1. The minimum Gasteiger partial charge on any atom is -0.380 e. The standard InChI is InChI=1S/C26H27ClF5N5O/c27-17-1-4-21-16(11-17)12-36(18-7-10-38-14-18)13-22-33-34-25(37(21)22)15-5-8-35(9-6-15)24-20(28)3-2-19(23(24)29)26(30,31)32/h1-4,15,17-18H,5-14H2/t17?,18-/m0/s1. The first kappa shape index (κ1) is 25.8. The van der Waals surface area contributed by atoms with Crippen molar-refractivity contribution in [1.29, 1.82) is 0 Å². The third-order valence-electron chi connectivity index (χ3n) is 7.97. The van der Waals surface area contributed by atoms with Gasteiger partial charge in [-0.1, -0.05) is 6.08 Å². The summed E-state index contributed by atoms with van der Waals surface area (Å²) in [7, 11) is 0. The van der Waals surface area contributed by atoms with Gasteiger partial charge in [-0.25, -0.2) is 8.78 Å². The number of benzene rings is 1. The van der Waals surface area contributed by atoms with Gasteiger partial charge in [0.25, 0.3) is 0 Å². The van der Waals surface area contributed by atoms with Crippen molar-refractivity contribution in [2.24, 2.45) is 0 Å². The maximum atomic E-state index is 14.8. The molecule has 3 aliphatic heterocycles. The Bertz CT molecular complexity index is 1280. The first-order chi connectivity index (χ1) is 18.2. The summed E-state index contributed by atoms with van der Waals surface area (Å²) in [6.45, 7) is 3.15. The van der Waals surface area contributed by atoms with Gasteiger partial charge < -0.3 is 9.64 Å². The lowest BCUT2D eigenvalue weighted by Gasteiger charge is -2.34. The van der Waals surface area contributed by atoms with Gasteiger partial charge in [-0.3, -0.25) is 9.47 Å². The van der Waals surface area contributed by atoms with Crippen molar-refractivity contribution in [2.45, 2.75) is 55.7 Å². The van der Waals surface area contributed by atoms with Crippen LogP contribution in [0.3, 0.4) is 0 Å². The molecule has 1 unspecified atom stereocenters. The van der Waals surface area contributed by atoms with Crippen LogP contribution in [0.1, 0.15) is 48.8 Å². The van der Waals surface area contributed by atoms with Gasteiger partial charge >= 0.3 is 6.18 Å².